The van der Waals surface area contributed by atoms with Gasteiger partial charge in [-0.3, -0.25) is 9.69 Å². The van der Waals surface area contributed by atoms with Crippen molar-refractivity contribution >= 4 is 28.3 Å². The molecule has 0 atom stereocenters. The summed E-state index contributed by atoms with van der Waals surface area (Å²) in [4.78, 5) is 30.1. The van der Waals surface area contributed by atoms with Crippen molar-refractivity contribution in [2.75, 3.05) is 11.4 Å². The van der Waals surface area contributed by atoms with Gasteiger partial charge in [0.1, 0.15) is 5.60 Å². The Morgan fingerprint density at radius 1 is 1.35 bits per heavy atom. The maximum atomic E-state index is 12.2. The number of aromatic nitrogens is 1. The normalized spacial score (nSPS) is 11.3. The molecule has 20 heavy (non-hydrogen) atoms. The summed E-state index contributed by atoms with van der Waals surface area (Å²) in [7, 11) is 0. The molecular formula is C14H22N2O3S. The summed E-state index contributed by atoms with van der Waals surface area (Å²) in [6.07, 6.45) is 0.357. The molecule has 0 saturated carbocycles. The van der Waals surface area contributed by atoms with Gasteiger partial charge in [0, 0.05) is 13.5 Å². The van der Waals surface area contributed by atoms with Gasteiger partial charge in [0.2, 0.25) is 0 Å². The summed E-state index contributed by atoms with van der Waals surface area (Å²) >= 11 is 1.23. The van der Waals surface area contributed by atoms with E-state index in [0.717, 1.165) is 6.42 Å². The molecule has 1 aromatic rings. The van der Waals surface area contributed by atoms with Crippen LogP contribution in [0.5, 0.6) is 0 Å². The van der Waals surface area contributed by atoms with Crippen LogP contribution in [0.4, 0.5) is 9.93 Å². The lowest BCUT2D eigenvalue weighted by Gasteiger charge is -2.25. The average Bonchev–Trinajstić information content (AvgIpc) is 2.65. The second-order valence-corrected chi connectivity index (χ2v) is 6.58. The Morgan fingerprint density at radius 2 is 1.95 bits per heavy atom. The first-order valence-electron chi connectivity index (χ1n) is 6.64. The lowest BCUT2D eigenvalue weighted by molar-refractivity contribution is 0.0580. The number of hydrogen-bond acceptors (Lipinski definition) is 5. The van der Waals surface area contributed by atoms with E-state index < -0.39 is 11.7 Å². The molecule has 0 unspecified atom stereocenters. The van der Waals surface area contributed by atoms with Gasteiger partial charge in [0.25, 0.3) is 0 Å². The molecule has 1 aromatic heterocycles. The van der Waals surface area contributed by atoms with Crippen molar-refractivity contribution in [3.63, 3.8) is 0 Å². The quantitative estimate of drug-likeness (QED) is 0.793. The maximum Gasteiger partial charge on any atom is 0.416 e. The molecule has 6 heteroatoms. The molecule has 112 valence electrons. The predicted molar refractivity (Wildman–Crippen MR) is 80.7 cm³/mol. The number of ether oxygens (including phenoxy) is 1. The first kappa shape index (κ1) is 16.6. The van der Waals surface area contributed by atoms with E-state index in [0.29, 0.717) is 22.2 Å². The number of amides is 1. The van der Waals surface area contributed by atoms with Crippen LogP contribution in [0.1, 0.15) is 56.4 Å². The fourth-order valence-electron chi connectivity index (χ4n) is 1.63. The second-order valence-electron chi connectivity index (χ2n) is 5.60. The Bertz CT molecular complexity index is 503. The van der Waals surface area contributed by atoms with Gasteiger partial charge in [-0.15, -0.1) is 0 Å². The van der Waals surface area contributed by atoms with Gasteiger partial charge in [-0.05, 0) is 34.1 Å². The topological polar surface area (TPSA) is 59.5 Å². The van der Waals surface area contributed by atoms with E-state index >= 15 is 0 Å². The van der Waals surface area contributed by atoms with Crippen molar-refractivity contribution in [3.05, 3.63) is 10.6 Å². The Morgan fingerprint density at radius 3 is 2.35 bits per heavy atom. The Balaban J connectivity index is 3.05. The zero-order chi connectivity index (χ0) is 15.5. The molecule has 0 aliphatic rings. The summed E-state index contributed by atoms with van der Waals surface area (Å²) in [6, 6.07) is 0. The standard InChI is InChI=1S/C14H22N2O3S/c1-7-8-16(13(18)19-14(4,5)6)12-15-9(2)11(20-12)10(3)17/h7-8H2,1-6H3. The second kappa shape index (κ2) is 6.35. The molecule has 0 aliphatic heterocycles. The molecular weight excluding hydrogens is 276 g/mol. The van der Waals surface area contributed by atoms with Gasteiger partial charge in [0.05, 0.1) is 10.6 Å². The van der Waals surface area contributed by atoms with Crippen molar-refractivity contribution in [1.82, 2.24) is 4.98 Å². The van der Waals surface area contributed by atoms with Crippen molar-refractivity contribution in [2.45, 2.75) is 53.6 Å². The van der Waals surface area contributed by atoms with Crippen LogP contribution in [0.3, 0.4) is 0 Å². The number of hydrogen-bond donors (Lipinski definition) is 0. The Labute approximate surface area is 124 Å². The molecule has 1 amide bonds. The van der Waals surface area contributed by atoms with Crippen LogP contribution in [0.2, 0.25) is 0 Å². The number of Topliss-reactive ketones (excluding diaryl/α,β-unsaturated/α-hetero) is 1. The van der Waals surface area contributed by atoms with Gasteiger partial charge >= 0.3 is 6.09 Å². The minimum absolute atomic E-state index is 0.0353. The molecule has 0 saturated heterocycles. The molecule has 0 radical (unpaired) electrons. The minimum atomic E-state index is -0.557. The minimum Gasteiger partial charge on any atom is -0.443 e. The van der Waals surface area contributed by atoms with E-state index in [4.69, 9.17) is 4.74 Å². The third-order valence-corrected chi connectivity index (χ3v) is 3.68. The smallest absolute Gasteiger partial charge is 0.416 e. The van der Waals surface area contributed by atoms with Crippen molar-refractivity contribution in [2.24, 2.45) is 0 Å². The average molecular weight is 298 g/mol. The van der Waals surface area contributed by atoms with Crippen LogP contribution < -0.4 is 4.90 Å². The number of thiazole rings is 1. The Kier molecular flexibility index (Phi) is 5.28. The van der Waals surface area contributed by atoms with Gasteiger partial charge < -0.3 is 4.74 Å². The SMILES string of the molecule is CCCN(C(=O)OC(C)(C)C)c1nc(C)c(C(C)=O)s1. The van der Waals surface area contributed by atoms with Crippen LogP contribution in [0.25, 0.3) is 0 Å². The molecule has 1 rings (SSSR count). The van der Waals surface area contributed by atoms with Crippen molar-refractivity contribution in [1.29, 1.82) is 0 Å². The van der Waals surface area contributed by atoms with Crippen molar-refractivity contribution in [3.8, 4) is 0 Å². The van der Waals surface area contributed by atoms with Crippen LogP contribution in [-0.2, 0) is 4.74 Å². The van der Waals surface area contributed by atoms with E-state index in [1.165, 1.54) is 23.2 Å². The van der Waals surface area contributed by atoms with Gasteiger partial charge in [0.15, 0.2) is 10.9 Å². The third-order valence-electron chi connectivity index (χ3n) is 2.40. The van der Waals surface area contributed by atoms with E-state index in [1.807, 2.05) is 27.7 Å². The molecule has 0 N–H and O–H groups in total. The monoisotopic (exact) mass is 298 g/mol. The highest BCUT2D eigenvalue weighted by Gasteiger charge is 2.26. The van der Waals surface area contributed by atoms with E-state index in [2.05, 4.69) is 4.98 Å². The molecule has 0 aromatic carbocycles. The van der Waals surface area contributed by atoms with Crippen LogP contribution in [0.15, 0.2) is 0 Å². The number of carbonyl (C=O) groups is 2. The summed E-state index contributed by atoms with van der Waals surface area (Å²) < 4.78 is 5.39. The van der Waals surface area contributed by atoms with Gasteiger partial charge in [-0.2, -0.15) is 0 Å². The van der Waals surface area contributed by atoms with E-state index in [9.17, 15) is 9.59 Å². The Hall–Kier alpha value is -1.43. The fraction of sp³-hybridized carbons (Fsp3) is 0.643. The predicted octanol–water partition coefficient (Wildman–Crippen LogP) is 3.81. The number of ketones is 1. The first-order chi connectivity index (χ1) is 9.15. The number of anilines is 1. The largest absolute Gasteiger partial charge is 0.443 e. The fourth-order valence-corrected chi connectivity index (χ4v) is 2.61. The van der Waals surface area contributed by atoms with Crippen LogP contribution in [-0.4, -0.2) is 29.0 Å². The van der Waals surface area contributed by atoms with Crippen LogP contribution >= 0.6 is 11.3 Å². The molecule has 0 aliphatic carbocycles. The van der Waals surface area contributed by atoms with E-state index in [1.54, 1.807) is 6.92 Å². The summed E-state index contributed by atoms with van der Waals surface area (Å²) in [5, 5.41) is 0.517. The summed E-state index contributed by atoms with van der Waals surface area (Å²) in [5.74, 6) is -0.0353. The highest BCUT2D eigenvalue weighted by molar-refractivity contribution is 7.17. The van der Waals surface area contributed by atoms with Crippen LogP contribution in [0, 0.1) is 6.92 Å². The molecule has 1 heterocycles. The highest BCUT2D eigenvalue weighted by Crippen LogP contribution is 2.28. The van der Waals surface area contributed by atoms with Crippen molar-refractivity contribution < 1.29 is 14.3 Å². The number of nitrogens with zero attached hydrogens (tertiary/aromatic N) is 2. The first-order valence-corrected chi connectivity index (χ1v) is 7.46. The maximum absolute atomic E-state index is 12.2. The lowest BCUT2D eigenvalue weighted by Crippen LogP contribution is -2.37. The zero-order valence-electron chi connectivity index (χ0n) is 12.9. The molecule has 5 nitrogen and oxygen atoms in total. The van der Waals surface area contributed by atoms with E-state index in [-0.39, 0.29) is 5.78 Å². The zero-order valence-corrected chi connectivity index (χ0v) is 13.8. The lowest BCUT2D eigenvalue weighted by atomic mass is 10.2. The van der Waals surface area contributed by atoms with Gasteiger partial charge in [-0.1, -0.05) is 18.3 Å². The van der Waals surface area contributed by atoms with Gasteiger partial charge in [-0.25, -0.2) is 9.78 Å². The third kappa shape index (κ3) is 4.30. The molecule has 0 fully saturated rings. The highest BCUT2D eigenvalue weighted by atomic mass is 32.1. The number of carbonyl (C=O) groups excluding carboxylic acids is 2. The summed E-state index contributed by atoms with van der Waals surface area (Å²) in [5.41, 5.74) is 0.0980. The molecule has 0 bridgehead atoms. The number of aryl methyl sites for hydroxylation is 1. The number of rotatable bonds is 4. The summed E-state index contributed by atoms with van der Waals surface area (Å²) in [6.45, 7) is 11.2. The molecule has 0 spiro atoms.